The lowest BCUT2D eigenvalue weighted by atomic mass is 9.85. The highest BCUT2D eigenvalue weighted by atomic mass is 16.5. The van der Waals surface area contributed by atoms with E-state index in [-0.39, 0.29) is 12.2 Å². The van der Waals surface area contributed by atoms with E-state index in [1.165, 1.54) is 7.11 Å². The van der Waals surface area contributed by atoms with Gasteiger partial charge in [0.1, 0.15) is 5.75 Å². The van der Waals surface area contributed by atoms with E-state index >= 15 is 0 Å². The summed E-state index contributed by atoms with van der Waals surface area (Å²) in [5.74, 6) is -0.700. The van der Waals surface area contributed by atoms with Crippen LogP contribution in [0.2, 0.25) is 0 Å². The molecule has 1 N–H and O–H groups in total. The number of rotatable bonds is 6. The average molecular weight is 264 g/mol. The van der Waals surface area contributed by atoms with Gasteiger partial charge in [-0.1, -0.05) is 13.0 Å². The van der Waals surface area contributed by atoms with Crippen molar-refractivity contribution in [3.05, 3.63) is 29.3 Å². The normalized spacial score (nSPS) is 11.2. The monoisotopic (exact) mass is 264 g/mol. The summed E-state index contributed by atoms with van der Waals surface area (Å²) in [4.78, 5) is 23.4. The maximum Gasteiger partial charge on any atom is 0.309 e. The van der Waals surface area contributed by atoms with Crippen LogP contribution in [0.1, 0.15) is 43.1 Å². The van der Waals surface area contributed by atoms with Gasteiger partial charge in [-0.05, 0) is 38.0 Å². The molecule has 0 atom stereocenters. The van der Waals surface area contributed by atoms with E-state index in [2.05, 4.69) is 0 Å². The minimum absolute atomic E-state index is 0.0497. The number of carboxylic acid groups (broad SMARTS) is 1. The van der Waals surface area contributed by atoms with Crippen LogP contribution in [0.5, 0.6) is 5.75 Å². The largest absolute Gasteiger partial charge is 0.496 e. The fourth-order valence-electron chi connectivity index (χ4n) is 1.77. The molecule has 0 aliphatic carbocycles. The van der Waals surface area contributed by atoms with Gasteiger partial charge in [0.05, 0.1) is 18.1 Å². The van der Waals surface area contributed by atoms with Crippen LogP contribution < -0.4 is 4.74 Å². The van der Waals surface area contributed by atoms with Crippen molar-refractivity contribution in [3.63, 3.8) is 0 Å². The molecule has 0 amide bonds. The molecule has 4 heteroatoms. The van der Waals surface area contributed by atoms with Gasteiger partial charge in [-0.25, -0.2) is 0 Å². The molecule has 1 aromatic rings. The summed E-state index contributed by atoms with van der Waals surface area (Å²) in [5, 5.41) is 9.08. The molecule has 0 saturated carbocycles. The maximum absolute atomic E-state index is 12.3. The van der Waals surface area contributed by atoms with E-state index in [4.69, 9.17) is 9.84 Å². The molecule has 4 nitrogen and oxygen atoms in total. The molecule has 0 bridgehead atoms. The number of ketones is 1. The zero-order chi connectivity index (χ0) is 14.6. The smallest absolute Gasteiger partial charge is 0.309 e. The lowest BCUT2D eigenvalue weighted by Crippen LogP contribution is -2.27. The third-order valence-corrected chi connectivity index (χ3v) is 3.15. The van der Waals surface area contributed by atoms with E-state index in [1.54, 1.807) is 26.0 Å². The van der Waals surface area contributed by atoms with Crippen LogP contribution in [0, 0.1) is 5.41 Å². The van der Waals surface area contributed by atoms with E-state index < -0.39 is 11.4 Å². The third kappa shape index (κ3) is 3.56. The van der Waals surface area contributed by atoms with Crippen LogP contribution in [0.4, 0.5) is 0 Å². The Morgan fingerprint density at radius 3 is 2.42 bits per heavy atom. The zero-order valence-electron chi connectivity index (χ0n) is 11.8. The number of carboxylic acids is 1. The number of Topliss-reactive ketones (excluding diaryl/α,β-unsaturated/α-hetero) is 1. The van der Waals surface area contributed by atoms with Gasteiger partial charge in [0.15, 0.2) is 5.78 Å². The van der Waals surface area contributed by atoms with Gasteiger partial charge in [-0.3, -0.25) is 9.59 Å². The Morgan fingerprint density at radius 1 is 1.32 bits per heavy atom. The number of hydrogen-bond donors (Lipinski definition) is 1. The molecular formula is C15H20O4. The highest BCUT2D eigenvalue weighted by molar-refractivity contribution is 6.01. The van der Waals surface area contributed by atoms with Gasteiger partial charge in [-0.15, -0.1) is 0 Å². The Kier molecular flexibility index (Phi) is 4.70. The molecule has 1 aromatic carbocycles. The molecule has 104 valence electrons. The highest BCUT2D eigenvalue weighted by Gasteiger charge is 2.31. The maximum atomic E-state index is 12.3. The number of carbonyl (C=O) groups excluding carboxylic acids is 1. The fraction of sp³-hybridized carbons (Fsp3) is 0.467. The van der Waals surface area contributed by atoms with E-state index in [1.807, 2.05) is 13.0 Å². The number of aryl methyl sites for hydroxylation is 1. The molecule has 0 aliphatic heterocycles. The summed E-state index contributed by atoms with van der Waals surface area (Å²) in [5.41, 5.74) is 0.401. The summed E-state index contributed by atoms with van der Waals surface area (Å²) in [6.45, 7) is 5.09. The molecule has 0 unspecified atom stereocenters. The third-order valence-electron chi connectivity index (χ3n) is 3.15. The first kappa shape index (κ1) is 15.2. The lowest BCUT2D eigenvalue weighted by Gasteiger charge is -2.19. The van der Waals surface area contributed by atoms with Gasteiger partial charge in [0, 0.05) is 6.42 Å². The fourth-order valence-corrected chi connectivity index (χ4v) is 1.77. The topological polar surface area (TPSA) is 63.6 Å². The SMILES string of the molecule is CCc1ccc(OC)c(C(=O)CC(C)(C)C(=O)O)c1. The standard InChI is InChI=1S/C15H20O4/c1-5-10-6-7-13(19-4)11(8-10)12(16)9-15(2,3)14(17)18/h6-8H,5,9H2,1-4H3,(H,17,18). The Hall–Kier alpha value is -1.84. The molecule has 0 heterocycles. The molecule has 0 fully saturated rings. The number of ether oxygens (including phenoxy) is 1. The Labute approximate surface area is 113 Å². The van der Waals surface area contributed by atoms with Crippen molar-refractivity contribution in [2.75, 3.05) is 7.11 Å². The van der Waals surface area contributed by atoms with Crippen LogP contribution in [-0.4, -0.2) is 24.0 Å². The minimum atomic E-state index is -1.08. The first-order valence-corrected chi connectivity index (χ1v) is 6.25. The Bertz CT molecular complexity index is 489. The van der Waals surface area contributed by atoms with Crippen molar-refractivity contribution >= 4 is 11.8 Å². The van der Waals surface area contributed by atoms with Crippen LogP contribution in [0.25, 0.3) is 0 Å². The van der Waals surface area contributed by atoms with Gasteiger partial charge in [0.25, 0.3) is 0 Å². The summed E-state index contributed by atoms with van der Waals surface area (Å²) >= 11 is 0. The van der Waals surface area contributed by atoms with Gasteiger partial charge in [-0.2, -0.15) is 0 Å². The predicted octanol–water partition coefficient (Wildman–Crippen LogP) is 2.94. The van der Waals surface area contributed by atoms with Crippen LogP contribution in [-0.2, 0) is 11.2 Å². The number of carbonyl (C=O) groups is 2. The lowest BCUT2D eigenvalue weighted by molar-refractivity contribution is -0.146. The summed E-state index contributed by atoms with van der Waals surface area (Å²) in [6, 6.07) is 5.43. The second-order valence-electron chi connectivity index (χ2n) is 5.18. The summed E-state index contributed by atoms with van der Waals surface area (Å²) in [6.07, 6.45) is 0.762. The summed E-state index contributed by atoms with van der Waals surface area (Å²) in [7, 11) is 1.50. The van der Waals surface area contributed by atoms with Crippen molar-refractivity contribution in [2.24, 2.45) is 5.41 Å². The quantitative estimate of drug-likeness (QED) is 0.802. The molecule has 0 aromatic heterocycles. The van der Waals surface area contributed by atoms with Crippen molar-refractivity contribution in [2.45, 2.75) is 33.6 Å². The van der Waals surface area contributed by atoms with Crippen molar-refractivity contribution in [1.82, 2.24) is 0 Å². The van der Waals surface area contributed by atoms with Gasteiger partial charge < -0.3 is 9.84 Å². The number of methoxy groups -OCH3 is 1. The van der Waals surface area contributed by atoms with Crippen molar-refractivity contribution in [1.29, 1.82) is 0 Å². The number of aliphatic carboxylic acids is 1. The van der Waals surface area contributed by atoms with E-state index in [0.29, 0.717) is 11.3 Å². The molecule has 1 rings (SSSR count). The molecule has 0 aliphatic rings. The molecule has 0 spiro atoms. The van der Waals surface area contributed by atoms with Crippen LogP contribution >= 0.6 is 0 Å². The number of benzene rings is 1. The van der Waals surface area contributed by atoms with E-state index in [9.17, 15) is 9.59 Å². The zero-order valence-corrected chi connectivity index (χ0v) is 11.8. The molecule has 0 radical (unpaired) electrons. The van der Waals surface area contributed by atoms with Gasteiger partial charge in [0.2, 0.25) is 0 Å². The van der Waals surface area contributed by atoms with Crippen molar-refractivity contribution in [3.8, 4) is 5.75 Å². The van der Waals surface area contributed by atoms with E-state index in [0.717, 1.165) is 12.0 Å². The number of hydrogen-bond acceptors (Lipinski definition) is 3. The molecular weight excluding hydrogens is 244 g/mol. The van der Waals surface area contributed by atoms with Crippen LogP contribution in [0.3, 0.4) is 0 Å². The van der Waals surface area contributed by atoms with Crippen LogP contribution in [0.15, 0.2) is 18.2 Å². The average Bonchev–Trinajstić information content (AvgIpc) is 2.37. The molecule has 0 saturated heterocycles. The first-order valence-electron chi connectivity index (χ1n) is 6.25. The second kappa shape index (κ2) is 5.87. The Morgan fingerprint density at radius 2 is 1.95 bits per heavy atom. The highest BCUT2D eigenvalue weighted by Crippen LogP contribution is 2.28. The Balaban J connectivity index is 3.08. The predicted molar refractivity (Wildman–Crippen MR) is 72.7 cm³/mol. The second-order valence-corrected chi connectivity index (χ2v) is 5.18. The molecule has 19 heavy (non-hydrogen) atoms. The van der Waals surface area contributed by atoms with Gasteiger partial charge >= 0.3 is 5.97 Å². The summed E-state index contributed by atoms with van der Waals surface area (Å²) < 4.78 is 5.17. The minimum Gasteiger partial charge on any atom is -0.496 e. The van der Waals surface area contributed by atoms with Crippen molar-refractivity contribution < 1.29 is 19.4 Å². The first-order chi connectivity index (χ1) is 8.81.